The van der Waals surface area contributed by atoms with Gasteiger partial charge in [-0.05, 0) is 5.56 Å². The Kier molecular flexibility index (Phi) is 10.7. The second-order valence-electron chi connectivity index (χ2n) is 8.82. The predicted octanol–water partition coefficient (Wildman–Crippen LogP) is 4.66. The van der Waals surface area contributed by atoms with E-state index in [1.807, 2.05) is 122 Å². The van der Waals surface area contributed by atoms with E-state index in [4.69, 9.17) is 29.5 Å². The van der Waals surface area contributed by atoms with Crippen molar-refractivity contribution in [2.75, 3.05) is 41.3 Å². The average molecular weight is 531 g/mol. The van der Waals surface area contributed by atoms with Crippen molar-refractivity contribution >= 4 is 45.8 Å². The fraction of sp³-hybridized carbons (Fsp3) is 0.241. The molecular formula is C29H34N6S2. The monoisotopic (exact) mass is 530 g/mol. The highest BCUT2D eigenvalue weighted by Crippen LogP contribution is 2.11. The lowest BCUT2D eigenvalue weighted by atomic mass is 10.1. The summed E-state index contributed by atoms with van der Waals surface area (Å²) in [5.41, 5.74) is 7.83. The molecule has 0 fully saturated rings. The van der Waals surface area contributed by atoms with Crippen LogP contribution in [0.4, 0.5) is 0 Å². The predicted molar refractivity (Wildman–Crippen MR) is 163 cm³/mol. The quantitative estimate of drug-likeness (QED) is 0.168. The van der Waals surface area contributed by atoms with Gasteiger partial charge in [0.1, 0.15) is 21.4 Å². The molecule has 192 valence electrons. The van der Waals surface area contributed by atoms with Crippen LogP contribution in [0.15, 0.2) is 101 Å². The number of benzene rings is 3. The highest BCUT2D eigenvalue weighted by molar-refractivity contribution is 7.82. The molecule has 0 atom stereocenters. The van der Waals surface area contributed by atoms with Gasteiger partial charge < -0.3 is 15.2 Å². The maximum absolute atomic E-state index is 5.75. The summed E-state index contributed by atoms with van der Waals surface area (Å²) in [7, 11) is 7.74. The van der Waals surface area contributed by atoms with E-state index < -0.39 is 0 Å². The van der Waals surface area contributed by atoms with Crippen molar-refractivity contribution in [1.29, 1.82) is 0 Å². The number of hydrogen-bond acceptors (Lipinski definition) is 6. The fourth-order valence-corrected chi connectivity index (χ4v) is 3.81. The minimum absolute atomic E-state index is 0.569. The minimum Gasteiger partial charge on any atom is -0.367 e. The van der Waals surface area contributed by atoms with Crippen molar-refractivity contribution in [2.24, 2.45) is 10.2 Å². The zero-order chi connectivity index (χ0) is 26.6. The summed E-state index contributed by atoms with van der Waals surface area (Å²) in [6.07, 6.45) is 0. The average Bonchev–Trinajstić information content (AvgIpc) is 2.92. The normalized spacial score (nSPS) is 11.6. The first-order chi connectivity index (χ1) is 17.9. The molecule has 6 nitrogen and oxygen atoms in total. The van der Waals surface area contributed by atoms with Gasteiger partial charge in [0, 0.05) is 39.3 Å². The van der Waals surface area contributed by atoms with Crippen molar-refractivity contribution < 1.29 is 0 Å². The Hall–Kier alpha value is -3.62. The van der Waals surface area contributed by atoms with Crippen molar-refractivity contribution in [2.45, 2.75) is 6.54 Å². The summed E-state index contributed by atoms with van der Waals surface area (Å²) in [6, 6.07) is 30.3. The summed E-state index contributed by atoms with van der Waals surface area (Å²) >= 11 is 11.4. The maximum Gasteiger partial charge on any atom is 0.129 e. The van der Waals surface area contributed by atoms with E-state index in [1.54, 1.807) is 0 Å². The fourth-order valence-electron chi connectivity index (χ4n) is 3.49. The second kappa shape index (κ2) is 14.2. The van der Waals surface area contributed by atoms with Gasteiger partial charge in [0.2, 0.25) is 0 Å². The lowest BCUT2D eigenvalue weighted by Crippen LogP contribution is -2.34. The van der Waals surface area contributed by atoms with Crippen LogP contribution in [0.3, 0.4) is 0 Å². The molecule has 3 aromatic carbocycles. The minimum atomic E-state index is 0.569. The number of nitrogens with zero attached hydrogens (tertiary/aromatic N) is 5. The Balaban J connectivity index is 1.86. The number of hydrazone groups is 2. The third-order valence-corrected chi connectivity index (χ3v) is 6.55. The van der Waals surface area contributed by atoms with E-state index in [0.717, 1.165) is 28.1 Å². The van der Waals surface area contributed by atoms with Gasteiger partial charge in [0.05, 0.1) is 19.6 Å². The van der Waals surface area contributed by atoms with E-state index >= 15 is 0 Å². The molecule has 0 aliphatic heterocycles. The molecule has 3 rings (SSSR count). The van der Waals surface area contributed by atoms with Gasteiger partial charge in [-0.25, -0.2) is 0 Å². The lowest BCUT2D eigenvalue weighted by Gasteiger charge is -2.23. The molecule has 0 bridgehead atoms. The number of rotatable bonds is 11. The molecule has 1 N–H and O–H groups in total. The molecule has 0 unspecified atom stereocenters. The van der Waals surface area contributed by atoms with Gasteiger partial charge in [-0.2, -0.15) is 10.2 Å². The van der Waals surface area contributed by atoms with Crippen LogP contribution < -0.4 is 5.43 Å². The third kappa shape index (κ3) is 8.48. The molecule has 8 heteroatoms. The second-order valence-corrected chi connectivity index (χ2v) is 9.60. The van der Waals surface area contributed by atoms with Crippen LogP contribution >= 0.6 is 24.4 Å². The van der Waals surface area contributed by atoms with Crippen LogP contribution in [0.1, 0.15) is 16.7 Å². The molecule has 0 saturated carbocycles. The molecule has 0 saturated heterocycles. The third-order valence-electron chi connectivity index (χ3n) is 5.43. The maximum atomic E-state index is 5.75. The molecule has 0 spiro atoms. The zero-order valence-electron chi connectivity index (χ0n) is 21.8. The van der Waals surface area contributed by atoms with Crippen LogP contribution in [0.5, 0.6) is 0 Å². The van der Waals surface area contributed by atoms with Gasteiger partial charge in [0.25, 0.3) is 0 Å². The topological polar surface area (TPSA) is 46.5 Å². The number of nitrogens with one attached hydrogen (secondary N) is 1. The Bertz CT molecular complexity index is 1210. The van der Waals surface area contributed by atoms with Gasteiger partial charge in [-0.15, -0.1) is 0 Å². The molecule has 0 aliphatic rings. The largest absolute Gasteiger partial charge is 0.367 e. The first-order valence-corrected chi connectivity index (χ1v) is 12.9. The molecule has 0 heterocycles. The van der Waals surface area contributed by atoms with Crippen LogP contribution in [-0.2, 0) is 6.54 Å². The summed E-state index contributed by atoms with van der Waals surface area (Å²) in [5, 5.41) is 11.7. The molecule has 37 heavy (non-hydrogen) atoms. The van der Waals surface area contributed by atoms with Crippen LogP contribution in [0.2, 0.25) is 0 Å². The van der Waals surface area contributed by atoms with E-state index in [9.17, 15) is 0 Å². The van der Waals surface area contributed by atoms with Crippen molar-refractivity contribution in [1.82, 2.24) is 20.2 Å². The molecule has 0 radical (unpaired) electrons. The van der Waals surface area contributed by atoms with E-state index in [0.29, 0.717) is 29.6 Å². The van der Waals surface area contributed by atoms with Gasteiger partial charge >= 0.3 is 0 Å². The number of likely N-dealkylation sites (N-methyl/N-ethyl adjacent to an activating group) is 2. The standard InChI is InChI=1S/C29H34N6S2/c1-33(2)28(36)26(24-16-10-6-11-17-24)31-30-20-21-35(22-23-14-8-5-9-15-23)32-27(29(37)34(3)4)25-18-12-7-13-19-25/h5-19,30H,20-22H2,1-4H3/b31-26-,32-27-. The van der Waals surface area contributed by atoms with Gasteiger partial charge in [0.15, 0.2) is 0 Å². The van der Waals surface area contributed by atoms with E-state index in [2.05, 4.69) is 22.7 Å². The van der Waals surface area contributed by atoms with Crippen molar-refractivity contribution in [3.63, 3.8) is 0 Å². The first kappa shape index (κ1) is 28.0. The zero-order valence-corrected chi connectivity index (χ0v) is 23.5. The molecule has 3 aromatic rings. The summed E-state index contributed by atoms with van der Waals surface area (Å²) in [4.78, 5) is 5.15. The molecular weight excluding hydrogens is 496 g/mol. The SMILES string of the molecule is CN(C)C(=S)/C(=N\NCCN(Cc1ccccc1)/N=C(\C(=S)N(C)C)c1ccccc1)c1ccccc1. The van der Waals surface area contributed by atoms with Crippen molar-refractivity contribution in [3.05, 3.63) is 108 Å². The first-order valence-electron chi connectivity index (χ1n) is 12.1. The summed E-state index contributed by atoms with van der Waals surface area (Å²) < 4.78 is 0. The molecule has 0 aliphatic carbocycles. The molecule has 0 amide bonds. The Labute approximate surface area is 231 Å². The highest BCUT2D eigenvalue weighted by Gasteiger charge is 2.15. The Morgan fingerprint density at radius 2 is 1.14 bits per heavy atom. The number of hydrogen-bond donors (Lipinski definition) is 1. The Morgan fingerprint density at radius 1 is 0.676 bits per heavy atom. The summed E-state index contributed by atoms with van der Waals surface area (Å²) in [5.74, 6) is 0. The van der Waals surface area contributed by atoms with Crippen LogP contribution in [0.25, 0.3) is 0 Å². The summed E-state index contributed by atoms with van der Waals surface area (Å²) in [6.45, 7) is 1.82. The highest BCUT2D eigenvalue weighted by atomic mass is 32.1. The smallest absolute Gasteiger partial charge is 0.129 e. The van der Waals surface area contributed by atoms with Crippen LogP contribution in [0, 0.1) is 0 Å². The van der Waals surface area contributed by atoms with Crippen molar-refractivity contribution in [3.8, 4) is 0 Å². The van der Waals surface area contributed by atoms with Gasteiger partial charge in [-0.1, -0.05) is 115 Å². The van der Waals surface area contributed by atoms with Crippen LogP contribution in [-0.4, -0.2) is 77.5 Å². The number of thiocarbonyl (C=S) groups is 2. The van der Waals surface area contributed by atoms with E-state index in [-0.39, 0.29) is 0 Å². The molecule has 0 aromatic heterocycles. The lowest BCUT2D eigenvalue weighted by molar-refractivity contribution is 0.280. The Morgan fingerprint density at radius 3 is 1.65 bits per heavy atom. The van der Waals surface area contributed by atoms with E-state index in [1.165, 1.54) is 0 Å². The van der Waals surface area contributed by atoms with Gasteiger partial charge in [-0.3, -0.25) is 5.01 Å².